The molecule has 0 spiro atoms. The van der Waals surface area contributed by atoms with E-state index in [4.69, 9.17) is 5.73 Å². The number of nitrogens with two attached hydrogens (primary N) is 1. The standard InChI is InChI=1S/C14H28N2/c1-3-12-6-7-14(8-12,10-15)16-9-11(2)13-4-5-13/h11-13,16H,3-10,15H2,1-2H3. The van der Waals surface area contributed by atoms with Gasteiger partial charge < -0.3 is 11.1 Å². The van der Waals surface area contributed by atoms with Crippen molar-refractivity contribution in [3.63, 3.8) is 0 Å². The van der Waals surface area contributed by atoms with E-state index in [-0.39, 0.29) is 5.54 Å². The van der Waals surface area contributed by atoms with E-state index in [2.05, 4.69) is 19.2 Å². The first kappa shape index (κ1) is 12.4. The molecule has 2 fully saturated rings. The lowest BCUT2D eigenvalue weighted by atomic mass is 9.93. The zero-order chi connectivity index (χ0) is 11.6. The van der Waals surface area contributed by atoms with Gasteiger partial charge >= 0.3 is 0 Å². The second-order valence-electron chi connectivity index (χ2n) is 6.20. The maximum Gasteiger partial charge on any atom is 0.0306 e. The smallest absolute Gasteiger partial charge is 0.0306 e. The van der Waals surface area contributed by atoms with E-state index in [1.807, 2.05) is 0 Å². The van der Waals surface area contributed by atoms with E-state index >= 15 is 0 Å². The van der Waals surface area contributed by atoms with Gasteiger partial charge in [-0.05, 0) is 56.4 Å². The maximum atomic E-state index is 6.00. The Morgan fingerprint density at radius 2 is 2.12 bits per heavy atom. The first-order chi connectivity index (χ1) is 7.69. The fourth-order valence-corrected chi connectivity index (χ4v) is 3.21. The third-order valence-electron chi connectivity index (χ3n) is 4.90. The van der Waals surface area contributed by atoms with Crippen molar-refractivity contribution in [2.45, 2.75) is 57.9 Å². The van der Waals surface area contributed by atoms with E-state index in [0.717, 1.165) is 24.3 Å². The molecule has 0 bridgehead atoms. The molecule has 2 aliphatic rings. The third kappa shape index (κ3) is 2.78. The average Bonchev–Trinajstić information content (AvgIpc) is 3.07. The Balaban J connectivity index is 1.80. The Morgan fingerprint density at radius 1 is 1.38 bits per heavy atom. The topological polar surface area (TPSA) is 38.0 Å². The Labute approximate surface area is 100 Å². The van der Waals surface area contributed by atoms with Crippen LogP contribution in [0.5, 0.6) is 0 Å². The molecule has 0 aromatic heterocycles. The van der Waals surface area contributed by atoms with Crippen LogP contribution in [0.4, 0.5) is 0 Å². The molecule has 0 aliphatic heterocycles. The van der Waals surface area contributed by atoms with Gasteiger partial charge in [0.2, 0.25) is 0 Å². The molecule has 2 nitrogen and oxygen atoms in total. The molecular weight excluding hydrogens is 196 g/mol. The monoisotopic (exact) mass is 224 g/mol. The molecule has 2 saturated carbocycles. The molecule has 94 valence electrons. The zero-order valence-corrected chi connectivity index (χ0v) is 11.0. The lowest BCUT2D eigenvalue weighted by Gasteiger charge is -2.31. The van der Waals surface area contributed by atoms with Gasteiger partial charge in [0, 0.05) is 12.1 Å². The fourth-order valence-electron chi connectivity index (χ4n) is 3.21. The van der Waals surface area contributed by atoms with E-state index < -0.39 is 0 Å². The summed E-state index contributed by atoms with van der Waals surface area (Å²) in [6.07, 6.45) is 8.20. The number of hydrogen-bond donors (Lipinski definition) is 2. The molecule has 16 heavy (non-hydrogen) atoms. The van der Waals surface area contributed by atoms with Crippen LogP contribution >= 0.6 is 0 Å². The Hall–Kier alpha value is -0.0800. The van der Waals surface area contributed by atoms with E-state index in [1.165, 1.54) is 45.1 Å². The summed E-state index contributed by atoms with van der Waals surface area (Å²) in [7, 11) is 0. The van der Waals surface area contributed by atoms with E-state index in [1.54, 1.807) is 0 Å². The summed E-state index contributed by atoms with van der Waals surface area (Å²) in [6.45, 7) is 6.70. The summed E-state index contributed by atoms with van der Waals surface area (Å²) in [5, 5.41) is 3.81. The van der Waals surface area contributed by atoms with Crippen LogP contribution in [0.15, 0.2) is 0 Å². The van der Waals surface area contributed by atoms with E-state index in [0.29, 0.717) is 0 Å². The lowest BCUT2D eigenvalue weighted by Crippen LogP contribution is -2.50. The number of nitrogens with one attached hydrogen (secondary N) is 1. The van der Waals surface area contributed by atoms with Gasteiger partial charge in [-0.3, -0.25) is 0 Å². The molecule has 0 saturated heterocycles. The van der Waals surface area contributed by atoms with Crippen LogP contribution in [0.25, 0.3) is 0 Å². The summed E-state index contributed by atoms with van der Waals surface area (Å²) < 4.78 is 0. The van der Waals surface area contributed by atoms with Gasteiger partial charge in [0.05, 0.1) is 0 Å². The van der Waals surface area contributed by atoms with Gasteiger partial charge in [-0.25, -0.2) is 0 Å². The van der Waals surface area contributed by atoms with Crippen LogP contribution in [0.1, 0.15) is 52.4 Å². The molecule has 2 rings (SSSR count). The quantitative estimate of drug-likeness (QED) is 0.727. The molecule has 0 aromatic rings. The van der Waals surface area contributed by atoms with Gasteiger partial charge in [-0.1, -0.05) is 20.3 Å². The minimum Gasteiger partial charge on any atom is -0.329 e. The molecule has 0 heterocycles. The molecule has 2 heteroatoms. The molecule has 3 atom stereocenters. The zero-order valence-electron chi connectivity index (χ0n) is 11.0. The summed E-state index contributed by atoms with van der Waals surface area (Å²) in [5.41, 5.74) is 6.28. The number of rotatable bonds is 6. The largest absolute Gasteiger partial charge is 0.329 e. The minimum absolute atomic E-state index is 0.282. The first-order valence-corrected chi connectivity index (χ1v) is 7.14. The highest BCUT2D eigenvalue weighted by molar-refractivity contribution is 4.97. The Morgan fingerprint density at radius 3 is 2.62 bits per heavy atom. The lowest BCUT2D eigenvalue weighted by molar-refractivity contribution is 0.296. The van der Waals surface area contributed by atoms with Gasteiger partial charge in [-0.15, -0.1) is 0 Å². The van der Waals surface area contributed by atoms with Crippen LogP contribution in [-0.4, -0.2) is 18.6 Å². The van der Waals surface area contributed by atoms with Crippen molar-refractivity contribution >= 4 is 0 Å². The summed E-state index contributed by atoms with van der Waals surface area (Å²) in [6, 6.07) is 0. The number of hydrogen-bond acceptors (Lipinski definition) is 2. The Bertz CT molecular complexity index is 225. The molecule has 3 N–H and O–H groups in total. The average molecular weight is 224 g/mol. The van der Waals surface area contributed by atoms with Crippen LogP contribution in [0.3, 0.4) is 0 Å². The summed E-state index contributed by atoms with van der Waals surface area (Å²) in [5.74, 6) is 2.77. The van der Waals surface area contributed by atoms with Crippen molar-refractivity contribution in [2.24, 2.45) is 23.5 Å². The molecule has 0 amide bonds. The first-order valence-electron chi connectivity index (χ1n) is 7.14. The van der Waals surface area contributed by atoms with Gasteiger partial charge in [0.15, 0.2) is 0 Å². The fraction of sp³-hybridized carbons (Fsp3) is 1.00. The molecule has 0 radical (unpaired) electrons. The van der Waals surface area contributed by atoms with Crippen molar-refractivity contribution in [1.82, 2.24) is 5.32 Å². The highest BCUT2D eigenvalue weighted by Crippen LogP contribution is 2.38. The van der Waals surface area contributed by atoms with Crippen LogP contribution in [0, 0.1) is 17.8 Å². The molecule has 0 aromatic carbocycles. The van der Waals surface area contributed by atoms with Gasteiger partial charge in [0.1, 0.15) is 0 Å². The van der Waals surface area contributed by atoms with Crippen molar-refractivity contribution < 1.29 is 0 Å². The summed E-state index contributed by atoms with van der Waals surface area (Å²) in [4.78, 5) is 0. The predicted octanol–water partition coefficient (Wildman–Crippen LogP) is 2.53. The van der Waals surface area contributed by atoms with E-state index in [9.17, 15) is 0 Å². The predicted molar refractivity (Wildman–Crippen MR) is 69.3 cm³/mol. The molecule has 2 aliphatic carbocycles. The minimum atomic E-state index is 0.282. The molecule has 3 unspecified atom stereocenters. The second-order valence-corrected chi connectivity index (χ2v) is 6.20. The van der Waals surface area contributed by atoms with Gasteiger partial charge in [0.25, 0.3) is 0 Å². The highest BCUT2D eigenvalue weighted by atomic mass is 15.0. The highest BCUT2D eigenvalue weighted by Gasteiger charge is 2.38. The van der Waals surface area contributed by atoms with Crippen LogP contribution < -0.4 is 11.1 Å². The van der Waals surface area contributed by atoms with Gasteiger partial charge in [-0.2, -0.15) is 0 Å². The second kappa shape index (κ2) is 5.05. The van der Waals surface area contributed by atoms with Crippen LogP contribution in [0.2, 0.25) is 0 Å². The van der Waals surface area contributed by atoms with Crippen molar-refractivity contribution in [3.05, 3.63) is 0 Å². The molecular formula is C14H28N2. The van der Waals surface area contributed by atoms with Crippen molar-refractivity contribution in [3.8, 4) is 0 Å². The Kier molecular flexibility index (Phi) is 3.91. The van der Waals surface area contributed by atoms with Crippen LogP contribution in [-0.2, 0) is 0 Å². The SMILES string of the molecule is CCC1CCC(CN)(NCC(C)C2CC2)C1. The van der Waals surface area contributed by atoms with Crippen molar-refractivity contribution in [1.29, 1.82) is 0 Å². The normalized spacial score (nSPS) is 36.6. The third-order valence-corrected chi connectivity index (χ3v) is 4.90. The summed E-state index contributed by atoms with van der Waals surface area (Å²) >= 11 is 0. The van der Waals surface area contributed by atoms with Crippen molar-refractivity contribution in [2.75, 3.05) is 13.1 Å². The maximum absolute atomic E-state index is 6.00.